The normalized spacial score (nSPS) is 37.0. The highest BCUT2D eigenvalue weighted by molar-refractivity contribution is 5.14. The summed E-state index contributed by atoms with van der Waals surface area (Å²) in [5.41, 5.74) is 1.81. The summed E-state index contributed by atoms with van der Waals surface area (Å²) in [5.74, 6) is 1.99. The van der Waals surface area contributed by atoms with Gasteiger partial charge in [0.05, 0.1) is 0 Å². The Kier molecular flexibility index (Phi) is 2.02. The van der Waals surface area contributed by atoms with Crippen molar-refractivity contribution in [3.8, 4) is 0 Å². The van der Waals surface area contributed by atoms with Crippen LogP contribution in [0.25, 0.3) is 0 Å². The Morgan fingerprint density at radius 3 is 1.73 bits per heavy atom. The number of rotatable bonds is 0. The first-order valence-electron chi connectivity index (χ1n) is 5.08. The first-order valence-corrected chi connectivity index (χ1v) is 5.08. The van der Waals surface area contributed by atoms with Gasteiger partial charge in [0.1, 0.15) is 0 Å². The van der Waals surface area contributed by atoms with Crippen molar-refractivity contribution in [2.45, 2.75) is 45.4 Å². The minimum atomic E-state index is 0.993. The zero-order valence-corrected chi connectivity index (χ0v) is 7.47. The molecule has 11 heavy (non-hydrogen) atoms. The molecule has 0 saturated heterocycles. The van der Waals surface area contributed by atoms with Crippen molar-refractivity contribution in [2.24, 2.45) is 11.8 Å². The maximum Gasteiger partial charge on any atom is -0.0201 e. The van der Waals surface area contributed by atoms with Crippen molar-refractivity contribution in [1.82, 2.24) is 0 Å². The van der Waals surface area contributed by atoms with Crippen LogP contribution in [0.15, 0.2) is 11.6 Å². The molecule has 0 aliphatic heterocycles. The van der Waals surface area contributed by atoms with Crippen molar-refractivity contribution in [3.05, 3.63) is 11.6 Å². The first kappa shape index (κ1) is 7.39. The second kappa shape index (κ2) is 3.00. The third-order valence-electron chi connectivity index (χ3n) is 3.49. The zero-order valence-electron chi connectivity index (χ0n) is 7.47. The van der Waals surface area contributed by atoms with E-state index in [2.05, 4.69) is 13.0 Å². The molecule has 2 aliphatic rings. The molecule has 0 aromatic rings. The largest absolute Gasteiger partial charge is 0.0879 e. The van der Waals surface area contributed by atoms with E-state index in [-0.39, 0.29) is 0 Å². The van der Waals surface area contributed by atoms with Crippen LogP contribution in [-0.4, -0.2) is 0 Å². The van der Waals surface area contributed by atoms with Gasteiger partial charge in [0.2, 0.25) is 0 Å². The number of hydrogen-bond donors (Lipinski definition) is 0. The Labute approximate surface area is 69.7 Å². The van der Waals surface area contributed by atoms with Gasteiger partial charge in [-0.2, -0.15) is 0 Å². The van der Waals surface area contributed by atoms with Gasteiger partial charge in [-0.05, 0) is 44.4 Å². The third kappa shape index (κ3) is 1.23. The van der Waals surface area contributed by atoms with E-state index in [0.29, 0.717) is 0 Å². The molecule has 0 heteroatoms. The monoisotopic (exact) mass is 150 g/mol. The van der Waals surface area contributed by atoms with E-state index in [4.69, 9.17) is 0 Å². The van der Waals surface area contributed by atoms with Crippen LogP contribution in [0.4, 0.5) is 0 Å². The van der Waals surface area contributed by atoms with Gasteiger partial charge < -0.3 is 0 Å². The van der Waals surface area contributed by atoms with Crippen molar-refractivity contribution < 1.29 is 0 Å². The van der Waals surface area contributed by atoms with Gasteiger partial charge in [0, 0.05) is 0 Å². The van der Waals surface area contributed by atoms with E-state index in [1.165, 1.54) is 38.5 Å². The average Bonchev–Trinajstić information content (AvgIpc) is 2.03. The molecule has 0 amide bonds. The zero-order chi connectivity index (χ0) is 7.68. The Morgan fingerprint density at radius 1 is 1.00 bits per heavy atom. The van der Waals surface area contributed by atoms with Crippen LogP contribution in [0.1, 0.15) is 45.4 Å². The molecule has 0 nitrogen and oxygen atoms in total. The fraction of sp³-hybridized carbons (Fsp3) is 0.818. The first-order chi connectivity index (χ1) is 5.42. The quantitative estimate of drug-likeness (QED) is 0.463. The molecule has 2 fully saturated rings. The highest BCUT2D eigenvalue weighted by Crippen LogP contribution is 2.43. The lowest BCUT2D eigenvalue weighted by atomic mass is 9.68. The second-order valence-electron chi connectivity index (χ2n) is 4.04. The fourth-order valence-electron chi connectivity index (χ4n) is 2.98. The molecule has 0 N–H and O–H groups in total. The van der Waals surface area contributed by atoms with Crippen LogP contribution in [0.5, 0.6) is 0 Å². The molecule has 0 radical (unpaired) electrons. The minimum absolute atomic E-state index is 0.993. The summed E-state index contributed by atoms with van der Waals surface area (Å²) in [6.45, 7) is 2.23. The molecular weight excluding hydrogens is 132 g/mol. The molecule has 0 unspecified atom stereocenters. The van der Waals surface area contributed by atoms with Crippen molar-refractivity contribution >= 4 is 0 Å². The van der Waals surface area contributed by atoms with Gasteiger partial charge >= 0.3 is 0 Å². The van der Waals surface area contributed by atoms with Gasteiger partial charge in [-0.1, -0.05) is 24.5 Å². The van der Waals surface area contributed by atoms with E-state index in [1.807, 2.05) is 5.57 Å². The maximum atomic E-state index is 2.40. The summed E-state index contributed by atoms with van der Waals surface area (Å²) < 4.78 is 0. The van der Waals surface area contributed by atoms with E-state index in [9.17, 15) is 0 Å². The van der Waals surface area contributed by atoms with Crippen molar-refractivity contribution in [2.75, 3.05) is 0 Å². The molecule has 2 bridgehead atoms. The van der Waals surface area contributed by atoms with E-state index < -0.39 is 0 Å². The Morgan fingerprint density at radius 2 is 1.45 bits per heavy atom. The summed E-state index contributed by atoms with van der Waals surface area (Å²) in [6.07, 6.45) is 11.3. The van der Waals surface area contributed by atoms with Crippen LogP contribution >= 0.6 is 0 Å². The molecule has 0 heterocycles. The van der Waals surface area contributed by atoms with Crippen LogP contribution in [0.3, 0.4) is 0 Å². The smallest absolute Gasteiger partial charge is 0.0201 e. The molecule has 0 spiro atoms. The van der Waals surface area contributed by atoms with Crippen molar-refractivity contribution in [1.29, 1.82) is 0 Å². The lowest BCUT2D eigenvalue weighted by Crippen LogP contribution is -2.23. The topological polar surface area (TPSA) is 0 Å². The minimum Gasteiger partial charge on any atom is -0.0879 e. The molecule has 0 aromatic heterocycles. The molecule has 62 valence electrons. The third-order valence-corrected chi connectivity index (χ3v) is 3.49. The summed E-state index contributed by atoms with van der Waals surface area (Å²) in [4.78, 5) is 0. The SMILES string of the molecule is CC=C1C2CCCC1CCC2. The maximum absolute atomic E-state index is 2.40. The lowest BCUT2D eigenvalue weighted by molar-refractivity contribution is 0.277. The molecule has 0 atom stereocenters. The van der Waals surface area contributed by atoms with Gasteiger partial charge in [-0.3, -0.25) is 0 Å². The Hall–Kier alpha value is -0.260. The summed E-state index contributed by atoms with van der Waals surface area (Å²) in [6, 6.07) is 0. The highest BCUT2D eigenvalue weighted by atomic mass is 14.3. The molecule has 2 rings (SSSR count). The summed E-state index contributed by atoms with van der Waals surface area (Å²) in [5, 5.41) is 0. The van der Waals surface area contributed by atoms with E-state index >= 15 is 0 Å². The standard InChI is InChI=1S/C11H18/c1-2-11-9-5-3-6-10(11)8-4-7-9/h2,9-10H,3-8H2,1H3. The van der Waals surface area contributed by atoms with Crippen LogP contribution in [-0.2, 0) is 0 Å². The molecular formula is C11H18. The predicted octanol–water partition coefficient (Wildman–Crippen LogP) is 3.53. The number of allylic oxidation sites excluding steroid dienone is 2. The summed E-state index contributed by atoms with van der Waals surface area (Å²) >= 11 is 0. The summed E-state index contributed by atoms with van der Waals surface area (Å²) in [7, 11) is 0. The molecule has 2 saturated carbocycles. The Balaban J connectivity index is 2.17. The van der Waals surface area contributed by atoms with Gasteiger partial charge in [0.25, 0.3) is 0 Å². The van der Waals surface area contributed by atoms with E-state index in [0.717, 1.165) is 11.8 Å². The van der Waals surface area contributed by atoms with Crippen LogP contribution in [0.2, 0.25) is 0 Å². The molecule has 2 aliphatic carbocycles. The predicted molar refractivity (Wildman–Crippen MR) is 48.4 cm³/mol. The lowest BCUT2D eigenvalue weighted by Gasteiger charge is -2.37. The average molecular weight is 150 g/mol. The van der Waals surface area contributed by atoms with Crippen molar-refractivity contribution in [3.63, 3.8) is 0 Å². The number of hydrogen-bond acceptors (Lipinski definition) is 0. The highest BCUT2D eigenvalue weighted by Gasteiger charge is 2.29. The second-order valence-corrected chi connectivity index (χ2v) is 4.04. The van der Waals surface area contributed by atoms with Crippen LogP contribution in [0, 0.1) is 11.8 Å². The van der Waals surface area contributed by atoms with E-state index in [1.54, 1.807) is 0 Å². The van der Waals surface area contributed by atoms with Gasteiger partial charge in [-0.15, -0.1) is 0 Å². The fourth-order valence-corrected chi connectivity index (χ4v) is 2.98. The molecule has 0 aromatic carbocycles. The Bertz CT molecular complexity index is 143. The van der Waals surface area contributed by atoms with Gasteiger partial charge in [0.15, 0.2) is 0 Å². The van der Waals surface area contributed by atoms with Crippen LogP contribution < -0.4 is 0 Å². The number of fused-ring (bicyclic) bond motifs is 2. The van der Waals surface area contributed by atoms with Gasteiger partial charge in [-0.25, -0.2) is 0 Å².